The molecule has 1 unspecified atom stereocenters. The summed E-state index contributed by atoms with van der Waals surface area (Å²) < 4.78 is 4.71. The van der Waals surface area contributed by atoms with Crippen LogP contribution in [0.25, 0.3) is 0 Å². The quantitative estimate of drug-likeness (QED) is 0.694. The molecular formula is C10H19ClN2O3. The smallest absolute Gasteiger partial charge is 0.325 e. The minimum atomic E-state index is -0.380. The highest BCUT2D eigenvalue weighted by Crippen LogP contribution is 2.09. The average molecular weight is 251 g/mol. The summed E-state index contributed by atoms with van der Waals surface area (Å²) >= 11 is 0. The van der Waals surface area contributed by atoms with Crippen molar-refractivity contribution in [3.63, 3.8) is 0 Å². The zero-order valence-corrected chi connectivity index (χ0v) is 10.3. The third-order valence-electron chi connectivity index (χ3n) is 2.38. The lowest BCUT2D eigenvalue weighted by molar-refractivity contribution is -0.143. The fourth-order valence-electron chi connectivity index (χ4n) is 1.59. The van der Waals surface area contributed by atoms with E-state index >= 15 is 0 Å². The van der Waals surface area contributed by atoms with Crippen molar-refractivity contribution in [1.29, 1.82) is 0 Å². The van der Waals surface area contributed by atoms with Crippen LogP contribution in [0.4, 0.5) is 0 Å². The van der Waals surface area contributed by atoms with Crippen molar-refractivity contribution in [1.82, 2.24) is 10.6 Å². The third-order valence-corrected chi connectivity index (χ3v) is 2.38. The second kappa shape index (κ2) is 8.35. The van der Waals surface area contributed by atoms with Crippen LogP contribution in [0.3, 0.4) is 0 Å². The first-order chi connectivity index (χ1) is 7.24. The molecule has 0 radical (unpaired) electrons. The highest BCUT2D eigenvalue weighted by molar-refractivity contribution is 5.85. The van der Waals surface area contributed by atoms with Gasteiger partial charge in [0.25, 0.3) is 0 Å². The molecule has 94 valence electrons. The molecule has 1 fully saturated rings. The molecule has 0 spiro atoms. The van der Waals surface area contributed by atoms with Gasteiger partial charge in [-0.1, -0.05) is 0 Å². The molecule has 1 amide bonds. The Morgan fingerprint density at radius 3 is 2.81 bits per heavy atom. The molecule has 0 bridgehead atoms. The minimum Gasteiger partial charge on any atom is -0.465 e. The van der Waals surface area contributed by atoms with E-state index < -0.39 is 0 Å². The van der Waals surface area contributed by atoms with E-state index in [1.54, 1.807) is 6.92 Å². The normalized spacial score (nSPS) is 19.4. The van der Waals surface area contributed by atoms with Crippen LogP contribution in [0.1, 0.15) is 19.8 Å². The van der Waals surface area contributed by atoms with Crippen LogP contribution in [0, 0.1) is 5.92 Å². The van der Waals surface area contributed by atoms with Gasteiger partial charge in [-0.3, -0.25) is 9.59 Å². The highest BCUT2D eigenvalue weighted by atomic mass is 35.5. The van der Waals surface area contributed by atoms with Gasteiger partial charge >= 0.3 is 5.97 Å². The molecule has 0 aromatic carbocycles. The number of carbonyl (C=O) groups excluding carboxylic acids is 2. The molecule has 16 heavy (non-hydrogen) atoms. The molecule has 0 aromatic heterocycles. The summed E-state index contributed by atoms with van der Waals surface area (Å²) in [6.45, 7) is 3.74. The standard InChI is InChI=1S/C10H18N2O3.ClH/c1-2-15-9(13)7-12-10(14)8-4-3-5-11-6-8;/h8,11H,2-7H2,1H3,(H,12,14);1H. The Morgan fingerprint density at radius 1 is 1.50 bits per heavy atom. The molecular weight excluding hydrogens is 232 g/mol. The van der Waals surface area contributed by atoms with E-state index in [9.17, 15) is 9.59 Å². The second-order valence-corrected chi connectivity index (χ2v) is 3.57. The van der Waals surface area contributed by atoms with Gasteiger partial charge in [-0.25, -0.2) is 0 Å². The molecule has 1 aliphatic rings. The van der Waals surface area contributed by atoms with Gasteiger partial charge < -0.3 is 15.4 Å². The first-order valence-corrected chi connectivity index (χ1v) is 5.38. The number of nitrogens with one attached hydrogen (secondary N) is 2. The zero-order chi connectivity index (χ0) is 11.1. The van der Waals surface area contributed by atoms with Crippen molar-refractivity contribution < 1.29 is 14.3 Å². The lowest BCUT2D eigenvalue weighted by Crippen LogP contribution is -2.42. The Labute approximate surface area is 102 Å². The fraction of sp³-hybridized carbons (Fsp3) is 0.800. The van der Waals surface area contributed by atoms with Crippen LogP contribution >= 0.6 is 12.4 Å². The summed E-state index contributed by atoms with van der Waals surface area (Å²) in [7, 11) is 0. The Hall–Kier alpha value is -0.810. The number of rotatable bonds is 4. The molecule has 6 heteroatoms. The number of ether oxygens (including phenoxy) is 1. The van der Waals surface area contributed by atoms with Crippen molar-refractivity contribution in [2.24, 2.45) is 5.92 Å². The maximum absolute atomic E-state index is 11.5. The number of halogens is 1. The summed E-state index contributed by atoms with van der Waals surface area (Å²) in [5.74, 6) is -0.446. The van der Waals surface area contributed by atoms with E-state index in [1.165, 1.54) is 0 Å². The molecule has 1 heterocycles. The number of carbonyl (C=O) groups is 2. The van der Waals surface area contributed by atoms with Gasteiger partial charge in [-0.2, -0.15) is 0 Å². The predicted molar refractivity (Wildman–Crippen MR) is 62.5 cm³/mol. The minimum absolute atomic E-state index is 0. The molecule has 1 aliphatic heterocycles. The van der Waals surface area contributed by atoms with Crippen molar-refractivity contribution in [2.45, 2.75) is 19.8 Å². The van der Waals surface area contributed by atoms with Crippen LogP contribution in [0.2, 0.25) is 0 Å². The molecule has 2 N–H and O–H groups in total. The molecule has 5 nitrogen and oxygen atoms in total. The lowest BCUT2D eigenvalue weighted by atomic mass is 9.99. The molecule has 0 aliphatic carbocycles. The summed E-state index contributed by atoms with van der Waals surface area (Å²) in [6, 6.07) is 0. The molecule has 0 saturated carbocycles. The topological polar surface area (TPSA) is 67.4 Å². The van der Waals surface area contributed by atoms with Gasteiger partial charge in [0.1, 0.15) is 6.54 Å². The van der Waals surface area contributed by atoms with E-state index in [0.717, 1.165) is 19.4 Å². The maximum Gasteiger partial charge on any atom is 0.325 e. The summed E-state index contributed by atoms with van der Waals surface area (Å²) in [5.41, 5.74) is 0. The summed E-state index contributed by atoms with van der Waals surface area (Å²) in [5, 5.41) is 5.73. The predicted octanol–water partition coefficient (Wildman–Crippen LogP) is 0.0871. The Morgan fingerprint density at radius 2 is 2.25 bits per heavy atom. The molecule has 1 rings (SSSR count). The van der Waals surface area contributed by atoms with Gasteiger partial charge in [-0.15, -0.1) is 12.4 Å². The van der Waals surface area contributed by atoms with Gasteiger partial charge in [0.15, 0.2) is 0 Å². The molecule has 1 saturated heterocycles. The Bertz CT molecular complexity index is 230. The number of hydrogen-bond donors (Lipinski definition) is 2. The highest BCUT2D eigenvalue weighted by Gasteiger charge is 2.20. The van der Waals surface area contributed by atoms with Crippen LogP contribution < -0.4 is 10.6 Å². The third kappa shape index (κ3) is 5.32. The number of piperidine rings is 1. The van der Waals surface area contributed by atoms with Crippen LogP contribution in [-0.2, 0) is 14.3 Å². The van der Waals surface area contributed by atoms with Gasteiger partial charge in [0.05, 0.1) is 12.5 Å². The van der Waals surface area contributed by atoms with Crippen molar-refractivity contribution in [3.8, 4) is 0 Å². The largest absolute Gasteiger partial charge is 0.465 e. The molecule has 1 atom stereocenters. The number of esters is 1. The van der Waals surface area contributed by atoms with Crippen molar-refractivity contribution in [3.05, 3.63) is 0 Å². The van der Waals surface area contributed by atoms with E-state index in [1.807, 2.05) is 0 Å². The Balaban J connectivity index is 0.00000225. The van der Waals surface area contributed by atoms with Gasteiger partial charge in [-0.05, 0) is 26.3 Å². The van der Waals surface area contributed by atoms with Gasteiger partial charge in [0.2, 0.25) is 5.91 Å². The zero-order valence-electron chi connectivity index (χ0n) is 9.45. The van der Waals surface area contributed by atoms with E-state index in [0.29, 0.717) is 13.2 Å². The average Bonchev–Trinajstić information content (AvgIpc) is 2.27. The van der Waals surface area contributed by atoms with Crippen LogP contribution in [0.5, 0.6) is 0 Å². The molecule has 0 aromatic rings. The van der Waals surface area contributed by atoms with E-state index in [-0.39, 0.29) is 36.7 Å². The first-order valence-electron chi connectivity index (χ1n) is 5.38. The number of hydrogen-bond acceptors (Lipinski definition) is 4. The SMILES string of the molecule is CCOC(=O)CNC(=O)C1CCCNC1.Cl. The summed E-state index contributed by atoms with van der Waals surface area (Å²) in [4.78, 5) is 22.5. The fourth-order valence-corrected chi connectivity index (χ4v) is 1.59. The van der Waals surface area contributed by atoms with Gasteiger partial charge in [0, 0.05) is 6.54 Å². The number of amides is 1. The van der Waals surface area contributed by atoms with Crippen LogP contribution in [-0.4, -0.2) is 38.1 Å². The van der Waals surface area contributed by atoms with Crippen molar-refractivity contribution in [2.75, 3.05) is 26.2 Å². The monoisotopic (exact) mass is 250 g/mol. The van der Waals surface area contributed by atoms with Crippen LogP contribution in [0.15, 0.2) is 0 Å². The lowest BCUT2D eigenvalue weighted by Gasteiger charge is -2.21. The Kier molecular flexibility index (Phi) is 7.93. The maximum atomic E-state index is 11.5. The first kappa shape index (κ1) is 15.2. The van der Waals surface area contributed by atoms with E-state index in [4.69, 9.17) is 4.74 Å². The second-order valence-electron chi connectivity index (χ2n) is 3.57. The van der Waals surface area contributed by atoms with E-state index in [2.05, 4.69) is 10.6 Å². The van der Waals surface area contributed by atoms with Crippen molar-refractivity contribution >= 4 is 24.3 Å². The summed E-state index contributed by atoms with van der Waals surface area (Å²) in [6.07, 6.45) is 1.90.